The molecule has 1 atom stereocenters. The largest absolute Gasteiger partial charge is 0.369 e. The minimum Gasteiger partial charge on any atom is -0.369 e. The molecule has 3 rings (SSSR count). The second kappa shape index (κ2) is 7.33. The van der Waals surface area contributed by atoms with Gasteiger partial charge >= 0.3 is 0 Å². The fourth-order valence-electron chi connectivity index (χ4n) is 2.73. The summed E-state index contributed by atoms with van der Waals surface area (Å²) in [5.41, 5.74) is 1.78. The monoisotopic (exact) mass is 285 g/mol. The fourth-order valence-corrected chi connectivity index (χ4v) is 2.73. The van der Waals surface area contributed by atoms with Gasteiger partial charge in [-0.1, -0.05) is 12.5 Å². The first-order valence-corrected chi connectivity index (χ1v) is 7.79. The van der Waals surface area contributed by atoms with Gasteiger partial charge in [0.2, 0.25) is 0 Å². The molecule has 0 aromatic carbocycles. The molecule has 112 valence electrons. The maximum absolute atomic E-state index is 4.48. The highest BCUT2D eigenvalue weighted by Gasteiger charge is 2.12. The molecule has 0 amide bonds. The van der Waals surface area contributed by atoms with Gasteiger partial charge < -0.3 is 10.2 Å². The van der Waals surface area contributed by atoms with Gasteiger partial charge in [0, 0.05) is 31.7 Å². The van der Waals surface area contributed by atoms with E-state index in [4.69, 9.17) is 0 Å². The van der Waals surface area contributed by atoms with Crippen LogP contribution >= 0.6 is 0 Å². The van der Waals surface area contributed by atoms with Crippen molar-refractivity contribution in [3.05, 3.63) is 36.3 Å². The van der Waals surface area contributed by atoms with Crippen LogP contribution in [0.5, 0.6) is 0 Å². The van der Waals surface area contributed by atoms with Crippen molar-refractivity contribution in [2.45, 2.75) is 25.4 Å². The third kappa shape index (κ3) is 4.12. The maximum atomic E-state index is 4.48. The van der Waals surface area contributed by atoms with Crippen LogP contribution in [0.2, 0.25) is 0 Å². The van der Waals surface area contributed by atoms with Gasteiger partial charge in [-0.25, -0.2) is 0 Å². The molecule has 2 N–H and O–H groups in total. The van der Waals surface area contributed by atoms with E-state index in [0.29, 0.717) is 0 Å². The molecule has 3 heterocycles. The van der Waals surface area contributed by atoms with Crippen LogP contribution in [-0.2, 0) is 0 Å². The van der Waals surface area contributed by atoms with E-state index < -0.39 is 0 Å². The number of nitrogens with zero attached hydrogens (tertiary/aromatic N) is 3. The van der Waals surface area contributed by atoms with Crippen molar-refractivity contribution in [2.75, 3.05) is 26.2 Å². The van der Waals surface area contributed by atoms with Gasteiger partial charge in [-0.15, -0.1) is 0 Å². The van der Waals surface area contributed by atoms with Gasteiger partial charge in [0.05, 0.1) is 5.69 Å². The summed E-state index contributed by atoms with van der Waals surface area (Å²) in [5, 5.41) is 6.80. The van der Waals surface area contributed by atoms with E-state index in [9.17, 15) is 0 Å². The SMILES string of the molecule is C1=NC(c2ccccn2)=CNC1NCCN1CCCCC1. The highest BCUT2D eigenvalue weighted by Crippen LogP contribution is 2.13. The highest BCUT2D eigenvalue weighted by molar-refractivity contribution is 5.77. The Hall–Kier alpha value is -1.72. The standard InChI is InChI=1S/C16H23N5/c1-4-9-21(10-5-1)11-8-18-16-13-19-15(12-20-16)14-6-2-3-7-17-14/h2-3,6-7,12-13,16,18,20H,1,4-5,8-11H2. The number of likely N-dealkylation sites (tertiary alicyclic amines) is 1. The van der Waals surface area contributed by atoms with E-state index in [-0.39, 0.29) is 6.17 Å². The summed E-state index contributed by atoms with van der Waals surface area (Å²) in [6.45, 7) is 4.59. The molecule has 5 nitrogen and oxygen atoms in total. The van der Waals surface area contributed by atoms with E-state index in [1.165, 1.54) is 32.4 Å². The zero-order valence-corrected chi connectivity index (χ0v) is 12.3. The van der Waals surface area contributed by atoms with E-state index in [2.05, 4.69) is 25.5 Å². The molecule has 21 heavy (non-hydrogen) atoms. The summed E-state index contributed by atoms with van der Waals surface area (Å²) in [7, 11) is 0. The van der Waals surface area contributed by atoms with Crippen molar-refractivity contribution < 1.29 is 0 Å². The molecule has 0 aliphatic carbocycles. The number of rotatable bonds is 5. The summed E-state index contributed by atoms with van der Waals surface area (Å²) < 4.78 is 0. The lowest BCUT2D eigenvalue weighted by molar-refractivity contribution is 0.227. The molecular formula is C16H23N5. The van der Waals surface area contributed by atoms with Crippen LogP contribution in [0.25, 0.3) is 5.70 Å². The lowest BCUT2D eigenvalue weighted by Crippen LogP contribution is -2.46. The molecule has 0 spiro atoms. The molecule has 1 aromatic heterocycles. The first-order valence-electron chi connectivity index (χ1n) is 7.79. The zero-order chi connectivity index (χ0) is 14.3. The summed E-state index contributed by atoms with van der Waals surface area (Å²) in [6, 6.07) is 5.85. The smallest absolute Gasteiger partial charge is 0.113 e. The van der Waals surface area contributed by atoms with E-state index >= 15 is 0 Å². The zero-order valence-electron chi connectivity index (χ0n) is 12.3. The quantitative estimate of drug-likeness (QED) is 0.860. The molecule has 0 radical (unpaired) electrons. The second-order valence-electron chi connectivity index (χ2n) is 5.52. The van der Waals surface area contributed by atoms with Crippen molar-refractivity contribution in [3.8, 4) is 0 Å². The van der Waals surface area contributed by atoms with E-state index in [1.807, 2.05) is 30.6 Å². The molecule has 5 heteroatoms. The Labute approximate surface area is 126 Å². The predicted molar refractivity (Wildman–Crippen MR) is 85.9 cm³/mol. The fraction of sp³-hybridized carbons (Fsp3) is 0.500. The highest BCUT2D eigenvalue weighted by atomic mass is 15.2. The summed E-state index contributed by atoms with van der Waals surface area (Å²) in [6.07, 6.45) is 9.83. The number of nitrogens with one attached hydrogen (secondary N) is 2. The number of aliphatic imine (C=N–C) groups is 1. The number of aromatic nitrogens is 1. The Morgan fingerprint density at radius 3 is 2.86 bits per heavy atom. The summed E-state index contributed by atoms with van der Waals surface area (Å²) in [4.78, 5) is 11.3. The molecular weight excluding hydrogens is 262 g/mol. The Morgan fingerprint density at radius 1 is 1.24 bits per heavy atom. The third-order valence-corrected chi connectivity index (χ3v) is 3.93. The van der Waals surface area contributed by atoms with Crippen LogP contribution in [0.3, 0.4) is 0 Å². The van der Waals surface area contributed by atoms with Crippen LogP contribution in [0.1, 0.15) is 25.0 Å². The minimum absolute atomic E-state index is 0.113. The Bertz CT molecular complexity index is 491. The van der Waals surface area contributed by atoms with Gasteiger partial charge in [-0.05, 0) is 38.1 Å². The molecule has 0 saturated carbocycles. The summed E-state index contributed by atoms with van der Waals surface area (Å²) >= 11 is 0. The number of hydrogen-bond acceptors (Lipinski definition) is 5. The number of pyridine rings is 1. The normalized spacial score (nSPS) is 22.7. The van der Waals surface area contributed by atoms with Crippen molar-refractivity contribution >= 4 is 11.9 Å². The maximum Gasteiger partial charge on any atom is 0.113 e. The van der Waals surface area contributed by atoms with Crippen molar-refractivity contribution in [1.82, 2.24) is 20.5 Å². The summed E-state index contributed by atoms with van der Waals surface area (Å²) in [5.74, 6) is 0. The topological polar surface area (TPSA) is 52.6 Å². The van der Waals surface area contributed by atoms with Gasteiger partial charge in [-0.2, -0.15) is 0 Å². The van der Waals surface area contributed by atoms with Crippen LogP contribution in [0, 0.1) is 0 Å². The molecule has 0 bridgehead atoms. The molecule has 1 aromatic rings. The van der Waals surface area contributed by atoms with Gasteiger partial charge in [-0.3, -0.25) is 15.3 Å². The Morgan fingerprint density at radius 2 is 2.14 bits per heavy atom. The first kappa shape index (κ1) is 14.2. The predicted octanol–water partition coefficient (Wildman–Crippen LogP) is 1.46. The molecule has 2 aliphatic rings. The van der Waals surface area contributed by atoms with Gasteiger partial charge in [0.25, 0.3) is 0 Å². The average molecular weight is 285 g/mol. The third-order valence-electron chi connectivity index (χ3n) is 3.93. The Balaban J connectivity index is 1.41. The van der Waals surface area contributed by atoms with Crippen molar-refractivity contribution in [1.29, 1.82) is 0 Å². The average Bonchev–Trinajstić information content (AvgIpc) is 2.57. The van der Waals surface area contributed by atoms with Gasteiger partial charge in [0.1, 0.15) is 11.9 Å². The van der Waals surface area contributed by atoms with Crippen molar-refractivity contribution in [3.63, 3.8) is 0 Å². The van der Waals surface area contributed by atoms with Crippen LogP contribution in [0.4, 0.5) is 0 Å². The van der Waals surface area contributed by atoms with E-state index in [0.717, 1.165) is 24.5 Å². The molecule has 2 aliphatic heterocycles. The molecule has 1 unspecified atom stereocenters. The lowest BCUT2D eigenvalue weighted by atomic mass is 10.1. The van der Waals surface area contributed by atoms with Crippen molar-refractivity contribution in [2.24, 2.45) is 4.99 Å². The second-order valence-corrected chi connectivity index (χ2v) is 5.52. The first-order chi connectivity index (χ1) is 10.4. The van der Waals surface area contributed by atoms with Crippen LogP contribution in [-0.4, -0.2) is 48.4 Å². The molecule has 1 saturated heterocycles. The molecule has 1 fully saturated rings. The van der Waals surface area contributed by atoms with Crippen LogP contribution < -0.4 is 10.6 Å². The number of hydrogen-bond donors (Lipinski definition) is 2. The van der Waals surface area contributed by atoms with Crippen LogP contribution in [0.15, 0.2) is 35.6 Å². The van der Waals surface area contributed by atoms with E-state index in [1.54, 1.807) is 6.20 Å². The Kier molecular flexibility index (Phi) is 4.97. The lowest BCUT2D eigenvalue weighted by Gasteiger charge is -2.27. The minimum atomic E-state index is 0.113. The number of piperidine rings is 1. The van der Waals surface area contributed by atoms with Gasteiger partial charge in [0.15, 0.2) is 0 Å².